The number of hydrogen-bond acceptors (Lipinski definition) is 4. The van der Waals surface area contributed by atoms with E-state index in [1.54, 1.807) is 0 Å². The third-order valence-corrected chi connectivity index (χ3v) is 1.07. The van der Waals surface area contributed by atoms with Gasteiger partial charge in [-0.25, -0.2) is 5.32 Å². The molecular weight excluding hydrogens is 146 g/mol. The number of halogens is 1. The zero-order valence-corrected chi connectivity index (χ0v) is 5.05. The highest BCUT2D eigenvalue weighted by Crippen LogP contribution is 2.00. The second kappa shape index (κ2) is 2.10. The van der Waals surface area contributed by atoms with E-state index >= 15 is 0 Å². The van der Waals surface area contributed by atoms with Gasteiger partial charge >= 0.3 is 5.82 Å². The molecule has 1 aliphatic rings. The summed E-state index contributed by atoms with van der Waals surface area (Å²) >= 11 is 5.37. The first-order valence-electron chi connectivity index (χ1n) is 2.21. The molecule has 5 nitrogen and oxygen atoms in total. The Hall–Kier alpha value is -0.970. The Morgan fingerprint density at radius 1 is 1.89 bits per heavy atom. The first-order valence-corrected chi connectivity index (χ1v) is 2.65. The van der Waals surface area contributed by atoms with Crippen molar-refractivity contribution in [3.63, 3.8) is 0 Å². The molecule has 0 bridgehead atoms. The van der Waals surface area contributed by atoms with Crippen LogP contribution in [0.3, 0.4) is 0 Å². The van der Waals surface area contributed by atoms with Gasteiger partial charge in [0.15, 0.2) is 0 Å². The largest absolute Gasteiger partial charge is 0.358 e. The second-order valence-corrected chi connectivity index (χ2v) is 1.90. The quantitative estimate of drug-likeness (QED) is 0.234. The van der Waals surface area contributed by atoms with Gasteiger partial charge in [-0.1, -0.05) is 0 Å². The molecule has 0 aromatic carbocycles. The van der Waals surface area contributed by atoms with E-state index in [-0.39, 0.29) is 5.82 Å². The van der Waals surface area contributed by atoms with Crippen LogP contribution in [-0.2, 0) is 0 Å². The summed E-state index contributed by atoms with van der Waals surface area (Å²) in [5.41, 5.74) is -0.551. The molecule has 2 N–H and O–H groups in total. The lowest BCUT2D eigenvalue weighted by atomic mass is 10.8. The van der Waals surface area contributed by atoms with Crippen LogP contribution in [0.25, 0.3) is 0 Å². The predicted molar refractivity (Wildman–Crippen MR) is 31.0 cm³/mol. The van der Waals surface area contributed by atoms with Gasteiger partial charge in [0, 0.05) is 0 Å². The van der Waals surface area contributed by atoms with Crippen molar-refractivity contribution in [1.29, 1.82) is 0 Å². The summed E-state index contributed by atoms with van der Waals surface area (Å²) in [6, 6.07) is 0. The Bertz CT molecular complexity index is 168. The molecule has 1 rings (SSSR count). The fourth-order valence-corrected chi connectivity index (χ4v) is 0.645. The van der Waals surface area contributed by atoms with Crippen LogP contribution in [-0.4, -0.2) is 10.5 Å². The maximum atomic E-state index is 9.92. The van der Waals surface area contributed by atoms with Crippen LogP contribution in [0.15, 0.2) is 12.0 Å². The van der Waals surface area contributed by atoms with Crippen LogP contribution in [0.4, 0.5) is 0 Å². The maximum absolute atomic E-state index is 9.92. The van der Waals surface area contributed by atoms with E-state index in [1.807, 2.05) is 0 Å². The highest BCUT2D eigenvalue weighted by molar-refractivity contribution is 6.20. The van der Waals surface area contributed by atoms with Crippen molar-refractivity contribution < 1.29 is 4.92 Å². The van der Waals surface area contributed by atoms with Gasteiger partial charge in [0.25, 0.3) is 0 Å². The third kappa shape index (κ3) is 1.23. The molecular formula is C3H4ClN3O2. The summed E-state index contributed by atoms with van der Waals surface area (Å²) in [6.45, 7) is 0. The Balaban J connectivity index is 2.55. The Labute approximate surface area is 55.8 Å². The summed E-state index contributed by atoms with van der Waals surface area (Å²) in [6.07, 6.45) is 1.22. The standard InChI is InChI=1S/C3H4ClN3O2/c4-3-5-1-2(6-3)7(8)9/h1,3,5-6H/t3-/m1/s1. The van der Waals surface area contributed by atoms with Gasteiger partial charge in [-0.15, -0.1) is 0 Å². The molecule has 6 heteroatoms. The van der Waals surface area contributed by atoms with Crippen LogP contribution < -0.4 is 10.6 Å². The normalized spacial score (nSPS) is 24.1. The van der Waals surface area contributed by atoms with Crippen LogP contribution in [0.2, 0.25) is 0 Å². The summed E-state index contributed by atoms with van der Waals surface area (Å²) in [7, 11) is 0. The summed E-state index contributed by atoms with van der Waals surface area (Å²) in [4.78, 5) is 9.38. The van der Waals surface area contributed by atoms with E-state index in [2.05, 4.69) is 10.6 Å². The topological polar surface area (TPSA) is 67.2 Å². The number of alkyl halides is 1. The van der Waals surface area contributed by atoms with Gasteiger partial charge in [-0.3, -0.25) is 0 Å². The first kappa shape index (κ1) is 6.15. The van der Waals surface area contributed by atoms with Gasteiger partial charge < -0.3 is 15.4 Å². The van der Waals surface area contributed by atoms with Crippen molar-refractivity contribution in [2.24, 2.45) is 0 Å². The van der Waals surface area contributed by atoms with Crippen molar-refractivity contribution in [2.75, 3.05) is 0 Å². The molecule has 1 heterocycles. The van der Waals surface area contributed by atoms with Gasteiger partial charge in [-0.05, 0) is 16.5 Å². The Kier molecular flexibility index (Phi) is 1.44. The third-order valence-electron chi connectivity index (χ3n) is 0.838. The van der Waals surface area contributed by atoms with Gasteiger partial charge in [0.05, 0.1) is 6.20 Å². The lowest BCUT2D eigenvalue weighted by molar-refractivity contribution is -0.430. The highest BCUT2D eigenvalue weighted by Gasteiger charge is 2.20. The fraction of sp³-hybridized carbons (Fsp3) is 0.333. The Morgan fingerprint density at radius 2 is 2.56 bits per heavy atom. The van der Waals surface area contributed by atoms with E-state index in [0.717, 1.165) is 0 Å². The molecule has 0 aromatic heterocycles. The molecule has 0 spiro atoms. The van der Waals surface area contributed by atoms with Gasteiger partial charge in [-0.2, -0.15) is 0 Å². The van der Waals surface area contributed by atoms with Gasteiger partial charge in [0.2, 0.25) is 5.62 Å². The Morgan fingerprint density at radius 3 is 2.78 bits per heavy atom. The van der Waals surface area contributed by atoms with Crippen molar-refractivity contribution in [3.8, 4) is 0 Å². The summed E-state index contributed by atoms with van der Waals surface area (Å²) in [5.74, 6) is -0.102. The van der Waals surface area contributed by atoms with Crippen LogP contribution in [0, 0.1) is 10.1 Å². The number of nitrogens with one attached hydrogen (secondary N) is 2. The minimum absolute atomic E-state index is 0.102. The molecule has 0 saturated heterocycles. The average molecular weight is 150 g/mol. The molecule has 50 valence electrons. The highest BCUT2D eigenvalue weighted by atomic mass is 35.5. The SMILES string of the molecule is O=[N+]([O-])C1=CN[C@@H](Cl)N1. The molecule has 0 unspecified atom stereocenters. The molecule has 0 saturated carbocycles. The molecule has 1 aliphatic heterocycles. The van der Waals surface area contributed by atoms with Crippen molar-refractivity contribution >= 4 is 11.6 Å². The summed E-state index contributed by atoms with van der Waals surface area (Å²) in [5, 5.41) is 14.8. The molecule has 0 aromatic rings. The van der Waals surface area contributed by atoms with Crippen molar-refractivity contribution in [2.45, 2.75) is 5.62 Å². The van der Waals surface area contributed by atoms with Crippen LogP contribution in [0.5, 0.6) is 0 Å². The number of rotatable bonds is 1. The number of nitrogens with zero attached hydrogens (tertiary/aromatic N) is 1. The van der Waals surface area contributed by atoms with Crippen molar-refractivity contribution in [3.05, 3.63) is 22.1 Å². The van der Waals surface area contributed by atoms with E-state index in [9.17, 15) is 10.1 Å². The predicted octanol–water partition coefficient (Wildman–Crippen LogP) is -0.223. The first-order chi connectivity index (χ1) is 4.20. The summed E-state index contributed by atoms with van der Waals surface area (Å²) < 4.78 is 0. The second-order valence-electron chi connectivity index (χ2n) is 1.46. The number of hydrogen-bond donors (Lipinski definition) is 2. The molecule has 9 heavy (non-hydrogen) atoms. The van der Waals surface area contributed by atoms with E-state index in [1.165, 1.54) is 6.20 Å². The van der Waals surface area contributed by atoms with E-state index < -0.39 is 10.5 Å². The number of nitro groups is 1. The van der Waals surface area contributed by atoms with E-state index in [4.69, 9.17) is 11.6 Å². The monoisotopic (exact) mass is 149 g/mol. The van der Waals surface area contributed by atoms with Crippen LogP contribution in [0.1, 0.15) is 0 Å². The minimum Gasteiger partial charge on any atom is -0.358 e. The fourth-order valence-electron chi connectivity index (χ4n) is 0.471. The minimum atomic E-state index is -0.551. The van der Waals surface area contributed by atoms with Crippen molar-refractivity contribution in [1.82, 2.24) is 10.6 Å². The average Bonchev–Trinajstić information content (AvgIpc) is 2.14. The zero-order chi connectivity index (χ0) is 6.85. The lowest BCUT2D eigenvalue weighted by Gasteiger charge is -1.96. The maximum Gasteiger partial charge on any atom is 0.334 e. The van der Waals surface area contributed by atoms with Gasteiger partial charge in [0.1, 0.15) is 0 Å². The molecule has 0 aliphatic carbocycles. The molecule has 0 radical (unpaired) electrons. The van der Waals surface area contributed by atoms with E-state index in [0.29, 0.717) is 0 Å². The lowest BCUT2D eigenvalue weighted by Crippen LogP contribution is -2.27. The molecule has 0 amide bonds. The smallest absolute Gasteiger partial charge is 0.334 e. The molecule has 0 fully saturated rings. The zero-order valence-electron chi connectivity index (χ0n) is 4.30. The molecule has 1 atom stereocenters. The van der Waals surface area contributed by atoms with Crippen LogP contribution >= 0.6 is 11.6 Å².